The van der Waals surface area contributed by atoms with Gasteiger partial charge < -0.3 is 9.47 Å². The van der Waals surface area contributed by atoms with Crippen LogP contribution in [0, 0.1) is 27.7 Å². The maximum absolute atomic E-state index is 13.2. The Balaban J connectivity index is 1.96. The lowest BCUT2D eigenvalue weighted by Crippen LogP contribution is -2.16. The van der Waals surface area contributed by atoms with Crippen molar-refractivity contribution in [3.8, 4) is 11.5 Å². The van der Waals surface area contributed by atoms with E-state index in [2.05, 4.69) is 13.8 Å². The van der Waals surface area contributed by atoms with Crippen molar-refractivity contribution in [2.24, 2.45) is 0 Å². The fraction of sp³-hybridized carbons (Fsp3) is 0.320. The Hall–Kier alpha value is -2.46. The number of ether oxygens (including phenoxy) is 2. The Kier molecular flexibility index (Phi) is 6.53. The van der Waals surface area contributed by atoms with E-state index in [4.69, 9.17) is 9.47 Å². The van der Waals surface area contributed by atoms with Crippen LogP contribution in [0.2, 0.25) is 0 Å². The van der Waals surface area contributed by atoms with Crippen LogP contribution in [0.3, 0.4) is 0 Å². The molecule has 1 saturated heterocycles. The molecular formula is C25H28O3S. The summed E-state index contributed by atoms with van der Waals surface area (Å²) in [5.41, 5.74) is 8.36. The summed E-state index contributed by atoms with van der Waals surface area (Å²) in [6, 6.07) is 7.99. The Bertz CT molecular complexity index is 936. The molecule has 0 saturated carbocycles. The molecule has 2 aromatic carbocycles. The molecular weight excluding hydrogens is 380 g/mol. The van der Waals surface area contributed by atoms with Crippen molar-refractivity contribution < 1.29 is 14.3 Å². The summed E-state index contributed by atoms with van der Waals surface area (Å²) in [4.78, 5) is 13.2. The van der Waals surface area contributed by atoms with Gasteiger partial charge in [-0.15, -0.1) is 0 Å². The molecule has 0 bridgehead atoms. The van der Waals surface area contributed by atoms with Gasteiger partial charge in [0.05, 0.1) is 14.2 Å². The lowest BCUT2D eigenvalue weighted by Gasteiger charge is -2.18. The van der Waals surface area contributed by atoms with E-state index >= 15 is 0 Å². The molecule has 1 aliphatic heterocycles. The molecule has 29 heavy (non-hydrogen) atoms. The summed E-state index contributed by atoms with van der Waals surface area (Å²) in [6.07, 6.45) is 4.08. The van der Waals surface area contributed by atoms with Gasteiger partial charge in [0.2, 0.25) is 0 Å². The summed E-state index contributed by atoms with van der Waals surface area (Å²) in [5, 5.41) is 0. The summed E-state index contributed by atoms with van der Waals surface area (Å²) >= 11 is 1.78. The van der Waals surface area contributed by atoms with E-state index in [9.17, 15) is 4.79 Å². The van der Waals surface area contributed by atoms with Gasteiger partial charge in [-0.2, -0.15) is 11.8 Å². The van der Waals surface area contributed by atoms with Crippen molar-refractivity contribution in [1.29, 1.82) is 0 Å². The van der Waals surface area contributed by atoms with Gasteiger partial charge in [-0.05, 0) is 85.4 Å². The van der Waals surface area contributed by atoms with Gasteiger partial charge in [-0.3, -0.25) is 4.79 Å². The lowest BCUT2D eigenvalue weighted by atomic mass is 9.95. The average Bonchev–Trinajstić information content (AvgIpc) is 2.72. The summed E-state index contributed by atoms with van der Waals surface area (Å²) in [5.74, 6) is 3.37. The van der Waals surface area contributed by atoms with Crippen LogP contribution < -0.4 is 9.47 Å². The second kappa shape index (κ2) is 8.91. The van der Waals surface area contributed by atoms with Crippen LogP contribution in [-0.4, -0.2) is 31.5 Å². The minimum Gasteiger partial charge on any atom is -0.496 e. The highest BCUT2D eigenvalue weighted by Gasteiger charge is 2.22. The maximum atomic E-state index is 13.2. The Labute approximate surface area is 177 Å². The normalized spacial score (nSPS) is 17.1. The zero-order valence-corrected chi connectivity index (χ0v) is 18.8. The van der Waals surface area contributed by atoms with Gasteiger partial charge in [-0.25, -0.2) is 0 Å². The molecule has 0 N–H and O–H groups in total. The number of rotatable bonds is 4. The van der Waals surface area contributed by atoms with Crippen LogP contribution in [-0.2, 0) is 4.79 Å². The molecule has 152 valence electrons. The summed E-state index contributed by atoms with van der Waals surface area (Å²) in [6.45, 7) is 8.25. The minimum absolute atomic E-state index is 0.143. The Morgan fingerprint density at radius 2 is 1.14 bits per heavy atom. The smallest absolute Gasteiger partial charge is 0.186 e. The first-order valence-corrected chi connectivity index (χ1v) is 10.8. The highest BCUT2D eigenvalue weighted by atomic mass is 32.2. The third-order valence-corrected chi connectivity index (χ3v) is 6.79. The third-order valence-electron chi connectivity index (χ3n) is 5.76. The van der Waals surface area contributed by atoms with Crippen LogP contribution in [0.4, 0.5) is 0 Å². The summed E-state index contributed by atoms with van der Waals surface area (Å²) in [7, 11) is 3.36. The van der Waals surface area contributed by atoms with E-state index in [-0.39, 0.29) is 5.78 Å². The molecule has 3 nitrogen and oxygen atoms in total. The second-order valence-corrected chi connectivity index (χ2v) is 8.36. The third kappa shape index (κ3) is 4.27. The zero-order valence-electron chi connectivity index (χ0n) is 18.0. The second-order valence-electron chi connectivity index (χ2n) is 7.38. The van der Waals surface area contributed by atoms with Crippen LogP contribution in [0.25, 0.3) is 12.2 Å². The fourth-order valence-corrected chi connectivity index (χ4v) is 4.56. The molecule has 0 aliphatic carbocycles. The van der Waals surface area contributed by atoms with Crippen LogP contribution in [0.1, 0.15) is 33.4 Å². The lowest BCUT2D eigenvalue weighted by molar-refractivity contribution is -0.112. The zero-order chi connectivity index (χ0) is 21.1. The van der Waals surface area contributed by atoms with Gasteiger partial charge in [0.25, 0.3) is 0 Å². The van der Waals surface area contributed by atoms with Crippen LogP contribution in [0.5, 0.6) is 11.5 Å². The predicted octanol–water partition coefficient (Wildman–Crippen LogP) is 5.72. The number of benzene rings is 2. The molecule has 4 heteroatoms. The van der Waals surface area contributed by atoms with E-state index in [1.807, 2.05) is 50.3 Å². The first kappa shape index (κ1) is 21.3. The van der Waals surface area contributed by atoms with Gasteiger partial charge in [-0.1, -0.05) is 12.1 Å². The number of hydrogen-bond acceptors (Lipinski definition) is 4. The van der Waals surface area contributed by atoms with Crippen molar-refractivity contribution in [1.82, 2.24) is 0 Å². The number of Topliss-reactive ketones (excluding diaryl/α,β-unsaturated/α-hetero) is 1. The van der Waals surface area contributed by atoms with Crippen molar-refractivity contribution in [2.45, 2.75) is 27.7 Å². The molecule has 3 rings (SSSR count). The number of ketones is 1. The largest absolute Gasteiger partial charge is 0.496 e. The fourth-order valence-electron chi connectivity index (χ4n) is 3.59. The molecule has 2 aromatic rings. The molecule has 0 radical (unpaired) electrons. The van der Waals surface area contributed by atoms with Gasteiger partial charge in [0.1, 0.15) is 11.5 Å². The van der Waals surface area contributed by atoms with Gasteiger partial charge in [0, 0.05) is 22.7 Å². The monoisotopic (exact) mass is 408 g/mol. The Morgan fingerprint density at radius 1 is 0.724 bits per heavy atom. The Morgan fingerprint density at radius 3 is 1.52 bits per heavy atom. The standard InChI is InChI=1S/C25H28O3S/c1-15-17(3)23(27-5)9-7-19(15)11-21-13-29-14-22(25(21)26)12-20-8-10-24(28-6)18(4)16(20)2/h7-12H,13-14H2,1-6H3/b21-11+,22-12+. The van der Waals surface area contributed by atoms with Crippen molar-refractivity contribution in [2.75, 3.05) is 25.7 Å². The number of methoxy groups -OCH3 is 2. The van der Waals surface area contributed by atoms with Crippen LogP contribution in [0.15, 0.2) is 35.4 Å². The highest BCUT2D eigenvalue weighted by molar-refractivity contribution is 7.99. The predicted molar refractivity (Wildman–Crippen MR) is 123 cm³/mol. The topological polar surface area (TPSA) is 35.5 Å². The number of thioether (sulfide) groups is 1. The first-order chi connectivity index (χ1) is 13.9. The molecule has 0 amide bonds. The average molecular weight is 409 g/mol. The quantitative estimate of drug-likeness (QED) is 0.606. The van der Waals surface area contributed by atoms with Gasteiger partial charge in [0.15, 0.2) is 5.78 Å². The van der Waals surface area contributed by atoms with Crippen LogP contribution >= 0.6 is 11.8 Å². The molecule has 0 unspecified atom stereocenters. The number of carbonyl (C=O) groups is 1. The van der Waals surface area contributed by atoms with E-state index in [1.54, 1.807) is 26.0 Å². The van der Waals surface area contributed by atoms with Crippen molar-refractivity contribution in [3.05, 3.63) is 68.8 Å². The first-order valence-electron chi connectivity index (χ1n) is 9.69. The van der Waals surface area contributed by atoms with E-state index in [0.29, 0.717) is 0 Å². The molecule has 1 aliphatic rings. The molecule has 0 spiro atoms. The SMILES string of the molecule is COc1ccc(/C=C2\CSC/C(=C\c3ccc(OC)c(C)c3C)C2=O)c(C)c1C. The molecule has 0 aromatic heterocycles. The number of hydrogen-bond donors (Lipinski definition) is 0. The minimum atomic E-state index is 0.143. The number of carbonyl (C=O) groups excluding carboxylic acids is 1. The molecule has 0 atom stereocenters. The molecule has 1 heterocycles. The van der Waals surface area contributed by atoms with E-state index in [0.717, 1.165) is 67.5 Å². The van der Waals surface area contributed by atoms with Gasteiger partial charge >= 0.3 is 0 Å². The highest BCUT2D eigenvalue weighted by Crippen LogP contribution is 2.31. The van der Waals surface area contributed by atoms with Crippen molar-refractivity contribution in [3.63, 3.8) is 0 Å². The van der Waals surface area contributed by atoms with E-state index < -0.39 is 0 Å². The van der Waals surface area contributed by atoms with Crippen molar-refractivity contribution >= 4 is 29.7 Å². The molecule has 1 fully saturated rings. The van der Waals surface area contributed by atoms with E-state index in [1.165, 1.54) is 0 Å². The summed E-state index contributed by atoms with van der Waals surface area (Å²) < 4.78 is 10.8. The maximum Gasteiger partial charge on any atom is 0.186 e.